The maximum Gasteiger partial charge on any atom is 0.255 e. The smallest absolute Gasteiger partial charge is 0.255 e. The molecular weight excluding hydrogens is 572 g/mol. The maximum absolute atomic E-state index is 14.0. The first-order chi connectivity index (χ1) is 20.9. The molecule has 4 heterocycles. The number of hydrogen-bond donors (Lipinski definition) is 2. The van der Waals surface area contributed by atoms with Crippen molar-refractivity contribution in [3.05, 3.63) is 64.3 Å². The number of pyridine rings is 1. The first-order valence-electron chi connectivity index (χ1n) is 14.6. The monoisotopic (exact) mass is 606 g/mol. The normalized spacial score (nSPS) is 18.1. The maximum atomic E-state index is 14.0. The fraction of sp³-hybridized carbons (Fsp3) is 0.419. The van der Waals surface area contributed by atoms with Crippen molar-refractivity contribution in [3.8, 4) is 0 Å². The molecular formula is C31H35ClN6O5. The van der Waals surface area contributed by atoms with Gasteiger partial charge >= 0.3 is 0 Å². The molecule has 2 N–H and O–H groups in total. The van der Waals surface area contributed by atoms with Crippen LogP contribution >= 0.6 is 11.6 Å². The number of piperazine rings is 1. The zero-order chi connectivity index (χ0) is 29.9. The van der Waals surface area contributed by atoms with Crippen LogP contribution in [0.2, 0.25) is 5.02 Å². The van der Waals surface area contributed by atoms with Gasteiger partial charge in [0.2, 0.25) is 5.91 Å². The van der Waals surface area contributed by atoms with Crippen LogP contribution in [0.4, 0.5) is 11.4 Å². The van der Waals surface area contributed by atoms with E-state index >= 15 is 0 Å². The number of ether oxygens (including phenoxy) is 1. The van der Waals surface area contributed by atoms with Crippen LogP contribution < -0.4 is 10.2 Å². The Kier molecular flexibility index (Phi) is 8.87. The molecule has 0 saturated carbocycles. The summed E-state index contributed by atoms with van der Waals surface area (Å²) in [7, 11) is 0. The molecule has 3 aromatic rings. The first-order valence-corrected chi connectivity index (χ1v) is 15.0. The number of aliphatic hydroxyl groups is 1. The van der Waals surface area contributed by atoms with E-state index in [1.165, 1.54) is 0 Å². The molecule has 43 heavy (non-hydrogen) atoms. The third-order valence-corrected chi connectivity index (χ3v) is 8.59. The lowest BCUT2D eigenvalue weighted by atomic mass is 9.94. The van der Waals surface area contributed by atoms with Gasteiger partial charge in [0, 0.05) is 81.1 Å². The second-order valence-corrected chi connectivity index (χ2v) is 11.5. The van der Waals surface area contributed by atoms with Crippen LogP contribution in [-0.4, -0.2) is 115 Å². The van der Waals surface area contributed by atoms with Gasteiger partial charge in [-0.3, -0.25) is 29.2 Å². The summed E-state index contributed by atoms with van der Waals surface area (Å²) in [5.41, 5.74) is 4.38. The fourth-order valence-electron chi connectivity index (χ4n) is 6.08. The lowest BCUT2D eigenvalue weighted by Crippen LogP contribution is -2.49. The number of nitrogens with zero attached hydrogens (tertiary/aromatic N) is 5. The molecule has 0 atom stereocenters. The molecule has 0 radical (unpaired) electrons. The van der Waals surface area contributed by atoms with Gasteiger partial charge in [0.25, 0.3) is 11.8 Å². The number of aromatic nitrogens is 1. The van der Waals surface area contributed by atoms with E-state index < -0.39 is 0 Å². The van der Waals surface area contributed by atoms with Crippen molar-refractivity contribution in [2.45, 2.75) is 13.0 Å². The zero-order valence-corrected chi connectivity index (χ0v) is 24.7. The summed E-state index contributed by atoms with van der Waals surface area (Å²) >= 11 is 6.49. The molecule has 0 bridgehead atoms. The number of carbonyl (C=O) groups is 3. The Bertz CT molecular complexity index is 1540. The van der Waals surface area contributed by atoms with Crippen molar-refractivity contribution in [1.29, 1.82) is 0 Å². The second-order valence-electron chi connectivity index (χ2n) is 11.1. The van der Waals surface area contributed by atoms with Gasteiger partial charge in [0.15, 0.2) is 0 Å². The van der Waals surface area contributed by atoms with E-state index in [2.05, 4.69) is 10.2 Å². The Morgan fingerprint density at radius 3 is 2.60 bits per heavy atom. The lowest BCUT2D eigenvalue weighted by Gasteiger charge is -2.36. The molecule has 3 aliphatic heterocycles. The van der Waals surface area contributed by atoms with E-state index in [1.807, 2.05) is 34.1 Å². The Morgan fingerprint density at radius 1 is 1.02 bits per heavy atom. The largest absolute Gasteiger partial charge is 0.395 e. The van der Waals surface area contributed by atoms with Crippen LogP contribution in [0.3, 0.4) is 0 Å². The van der Waals surface area contributed by atoms with Crippen LogP contribution in [0.1, 0.15) is 21.6 Å². The number of anilines is 2. The highest BCUT2D eigenvalue weighted by atomic mass is 35.5. The highest BCUT2D eigenvalue weighted by molar-refractivity contribution is 6.34. The molecule has 0 aliphatic carbocycles. The van der Waals surface area contributed by atoms with Crippen molar-refractivity contribution in [3.63, 3.8) is 0 Å². The van der Waals surface area contributed by atoms with E-state index in [9.17, 15) is 19.5 Å². The number of nitrogens with one attached hydrogen (secondary N) is 1. The number of benzene rings is 2. The van der Waals surface area contributed by atoms with E-state index in [0.717, 1.165) is 35.2 Å². The Hall–Kier alpha value is -3.61. The standard InChI is InChI=1S/C31H35ClN6O5/c32-24-17-21(5-6-27(24)38-14-16-43-20-29(38)41)33-28(40)19-36-8-7-26-23(18-36)30(22-3-1-2-4-25(22)34-26)31(42)37-11-9-35(10-12-37)13-15-39/h1-6,17,39H,7-16,18-20H2,(H,33,40). The quantitative estimate of drug-likeness (QED) is 0.419. The Balaban J connectivity index is 1.17. The molecule has 6 rings (SSSR count). The Morgan fingerprint density at radius 2 is 1.84 bits per heavy atom. The van der Waals surface area contributed by atoms with Crippen molar-refractivity contribution in [1.82, 2.24) is 19.7 Å². The van der Waals surface area contributed by atoms with E-state index in [-0.39, 0.29) is 37.5 Å². The van der Waals surface area contributed by atoms with Crippen LogP contribution in [0.5, 0.6) is 0 Å². The molecule has 0 spiro atoms. The van der Waals surface area contributed by atoms with Crippen molar-refractivity contribution in [2.75, 3.05) is 82.4 Å². The molecule has 1 aromatic heterocycles. The Labute approximate surface area is 254 Å². The van der Waals surface area contributed by atoms with Crippen molar-refractivity contribution in [2.24, 2.45) is 0 Å². The number of carbonyl (C=O) groups excluding carboxylic acids is 3. The summed E-state index contributed by atoms with van der Waals surface area (Å²) in [5.74, 6) is -0.367. The number of para-hydroxylation sites is 1. The summed E-state index contributed by atoms with van der Waals surface area (Å²) in [6.45, 7) is 5.44. The fourth-order valence-corrected chi connectivity index (χ4v) is 6.36. The number of fused-ring (bicyclic) bond motifs is 2. The van der Waals surface area contributed by atoms with Crippen LogP contribution in [0, 0.1) is 0 Å². The third kappa shape index (κ3) is 6.36. The minimum Gasteiger partial charge on any atom is -0.395 e. The lowest BCUT2D eigenvalue weighted by molar-refractivity contribution is -0.125. The third-order valence-electron chi connectivity index (χ3n) is 8.29. The SMILES string of the molecule is O=C(CN1CCc2nc3ccccc3c(C(=O)N3CCN(CCO)CC3)c2C1)Nc1ccc(N2CCOCC2=O)c(Cl)c1. The molecule has 12 heteroatoms. The number of halogens is 1. The van der Waals surface area contributed by atoms with Gasteiger partial charge in [0.1, 0.15) is 6.61 Å². The number of β-amino-alcohol motifs (C(OH)–C–C–N with tert-alkyl or cyclic N) is 1. The van der Waals surface area contributed by atoms with Crippen LogP contribution in [0.15, 0.2) is 42.5 Å². The summed E-state index contributed by atoms with van der Waals surface area (Å²) in [5, 5.41) is 13.4. The number of morpholine rings is 1. The number of rotatable bonds is 7. The first kappa shape index (κ1) is 29.5. The summed E-state index contributed by atoms with van der Waals surface area (Å²) in [6, 6.07) is 12.9. The van der Waals surface area contributed by atoms with Gasteiger partial charge < -0.3 is 25.0 Å². The zero-order valence-electron chi connectivity index (χ0n) is 23.9. The van der Waals surface area contributed by atoms with Crippen molar-refractivity contribution >= 4 is 51.6 Å². The minimum atomic E-state index is -0.198. The van der Waals surface area contributed by atoms with Crippen LogP contribution in [0.25, 0.3) is 10.9 Å². The molecule has 2 fully saturated rings. The van der Waals surface area contributed by atoms with Gasteiger partial charge in [-0.1, -0.05) is 29.8 Å². The molecule has 3 amide bonds. The van der Waals surface area contributed by atoms with E-state index in [0.29, 0.717) is 74.3 Å². The molecule has 2 saturated heterocycles. The number of hydrogen-bond acceptors (Lipinski definition) is 8. The number of amides is 3. The summed E-state index contributed by atoms with van der Waals surface area (Å²) in [4.78, 5) is 51.9. The summed E-state index contributed by atoms with van der Waals surface area (Å²) < 4.78 is 5.20. The molecule has 2 aromatic carbocycles. The van der Waals surface area contributed by atoms with Crippen molar-refractivity contribution < 1.29 is 24.2 Å². The summed E-state index contributed by atoms with van der Waals surface area (Å²) in [6.07, 6.45) is 0.631. The van der Waals surface area contributed by atoms with Gasteiger partial charge in [-0.2, -0.15) is 0 Å². The highest BCUT2D eigenvalue weighted by Crippen LogP contribution is 2.31. The highest BCUT2D eigenvalue weighted by Gasteiger charge is 2.30. The van der Waals surface area contributed by atoms with E-state index in [1.54, 1.807) is 23.1 Å². The average molecular weight is 607 g/mol. The van der Waals surface area contributed by atoms with Gasteiger partial charge in [0.05, 0.1) is 41.5 Å². The topological polar surface area (TPSA) is 119 Å². The van der Waals surface area contributed by atoms with E-state index in [4.69, 9.17) is 21.3 Å². The van der Waals surface area contributed by atoms with Gasteiger partial charge in [-0.25, -0.2) is 0 Å². The molecule has 3 aliphatic rings. The molecule has 11 nitrogen and oxygen atoms in total. The van der Waals surface area contributed by atoms with Gasteiger partial charge in [-0.15, -0.1) is 0 Å². The van der Waals surface area contributed by atoms with Gasteiger partial charge in [-0.05, 0) is 24.3 Å². The minimum absolute atomic E-state index is 0.0155. The predicted octanol–water partition coefficient (Wildman–Crippen LogP) is 2.00. The van der Waals surface area contributed by atoms with Crippen LogP contribution in [-0.2, 0) is 27.3 Å². The molecule has 226 valence electrons. The predicted molar refractivity (Wildman–Crippen MR) is 163 cm³/mol. The molecule has 0 unspecified atom stereocenters. The number of aliphatic hydroxyl groups excluding tert-OH is 1. The average Bonchev–Trinajstić information content (AvgIpc) is 3.01. The second kappa shape index (κ2) is 12.9.